The monoisotopic (exact) mass is 504 g/mol. The topological polar surface area (TPSA) is 96.0 Å². The minimum atomic E-state index is -0.450. The Morgan fingerprint density at radius 1 is 1.05 bits per heavy atom. The molecule has 0 radical (unpaired) electrons. The van der Waals surface area contributed by atoms with E-state index in [0.717, 1.165) is 48.4 Å². The van der Waals surface area contributed by atoms with Crippen molar-refractivity contribution in [3.05, 3.63) is 58.4 Å². The number of rotatable bonds is 4. The number of benzene rings is 1. The van der Waals surface area contributed by atoms with E-state index in [1.807, 2.05) is 57.3 Å². The summed E-state index contributed by atoms with van der Waals surface area (Å²) in [5, 5.41) is 8.82. The lowest BCUT2D eigenvalue weighted by Gasteiger charge is -2.38. The van der Waals surface area contributed by atoms with Crippen molar-refractivity contribution in [1.82, 2.24) is 24.1 Å². The highest BCUT2D eigenvalue weighted by Crippen LogP contribution is 2.34. The molecule has 0 unspecified atom stereocenters. The van der Waals surface area contributed by atoms with Gasteiger partial charge >= 0.3 is 5.69 Å². The van der Waals surface area contributed by atoms with E-state index >= 15 is 0 Å². The van der Waals surface area contributed by atoms with Crippen molar-refractivity contribution in [1.29, 1.82) is 0 Å². The predicted molar refractivity (Wildman–Crippen MR) is 139 cm³/mol. The predicted octanol–water partition coefficient (Wildman–Crippen LogP) is 3.14. The first-order valence-electron chi connectivity index (χ1n) is 12.7. The molecule has 3 aromatic heterocycles. The summed E-state index contributed by atoms with van der Waals surface area (Å²) in [6.07, 6.45) is 3.45. The number of piperidine rings is 1. The Balaban J connectivity index is 1.47. The van der Waals surface area contributed by atoms with Gasteiger partial charge in [-0.05, 0) is 23.8 Å². The number of hydrogen-bond acceptors (Lipinski definition) is 8. The van der Waals surface area contributed by atoms with Gasteiger partial charge in [0.1, 0.15) is 17.1 Å². The van der Waals surface area contributed by atoms with Gasteiger partial charge in [-0.25, -0.2) is 14.2 Å². The number of hydrogen-bond donors (Lipinski definition) is 0. The molecule has 0 aliphatic carbocycles. The van der Waals surface area contributed by atoms with Gasteiger partial charge in [0.15, 0.2) is 11.4 Å². The minimum Gasteiger partial charge on any atom is -0.497 e. The summed E-state index contributed by atoms with van der Waals surface area (Å²) in [7, 11) is 1.64. The first kappa shape index (κ1) is 23.9. The molecule has 0 saturated carbocycles. The van der Waals surface area contributed by atoms with Gasteiger partial charge in [0.2, 0.25) is 0 Å². The summed E-state index contributed by atoms with van der Waals surface area (Å²) < 4.78 is 20.5. The van der Waals surface area contributed by atoms with Crippen LogP contribution in [0.3, 0.4) is 0 Å². The molecular weight excluding hydrogens is 472 g/mol. The van der Waals surface area contributed by atoms with E-state index in [2.05, 4.69) is 15.1 Å². The molecule has 37 heavy (non-hydrogen) atoms. The molecular formula is C27H32N6O4. The third kappa shape index (κ3) is 4.14. The molecule has 2 aliphatic rings. The maximum absolute atomic E-state index is 14.0. The van der Waals surface area contributed by atoms with Gasteiger partial charge in [0, 0.05) is 31.3 Å². The van der Waals surface area contributed by atoms with Gasteiger partial charge in [0.25, 0.3) is 0 Å². The molecule has 1 spiro atoms. The van der Waals surface area contributed by atoms with Crippen molar-refractivity contribution in [3.63, 3.8) is 0 Å². The highest BCUT2D eigenvalue weighted by Gasteiger charge is 2.40. The quantitative estimate of drug-likeness (QED) is 0.418. The fourth-order valence-electron chi connectivity index (χ4n) is 5.28. The molecule has 1 aromatic carbocycles. The second-order valence-electron chi connectivity index (χ2n) is 10.8. The zero-order valence-corrected chi connectivity index (χ0v) is 21.7. The number of pyridine rings is 1. The van der Waals surface area contributed by atoms with Crippen molar-refractivity contribution in [2.24, 2.45) is 0 Å². The Bertz CT molecular complexity index is 1500. The van der Waals surface area contributed by atoms with Crippen LogP contribution < -0.4 is 15.3 Å². The normalized spacial score (nSPS) is 17.8. The van der Waals surface area contributed by atoms with Gasteiger partial charge in [-0.2, -0.15) is 0 Å². The number of aromatic nitrogens is 5. The smallest absolute Gasteiger partial charge is 0.336 e. The van der Waals surface area contributed by atoms with Crippen LogP contribution in [0.15, 0.2) is 41.3 Å². The zero-order valence-electron chi connectivity index (χ0n) is 21.7. The highest BCUT2D eigenvalue weighted by atomic mass is 16.7. The molecule has 194 valence electrons. The van der Waals surface area contributed by atoms with E-state index in [9.17, 15) is 4.79 Å². The van der Waals surface area contributed by atoms with Gasteiger partial charge in [0.05, 0.1) is 44.3 Å². The van der Waals surface area contributed by atoms with Crippen LogP contribution >= 0.6 is 0 Å². The summed E-state index contributed by atoms with van der Waals surface area (Å²) in [6.45, 7) is 9.34. The van der Waals surface area contributed by atoms with Crippen LogP contribution in [-0.2, 0) is 21.4 Å². The van der Waals surface area contributed by atoms with E-state index in [-0.39, 0.29) is 11.1 Å². The van der Waals surface area contributed by atoms with E-state index < -0.39 is 5.79 Å². The summed E-state index contributed by atoms with van der Waals surface area (Å²) in [4.78, 5) is 21.1. The maximum Gasteiger partial charge on any atom is 0.336 e. The first-order chi connectivity index (χ1) is 17.8. The van der Waals surface area contributed by atoms with Crippen LogP contribution in [0.1, 0.15) is 45.0 Å². The molecule has 0 N–H and O–H groups in total. The van der Waals surface area contributed by atoms with E-state index in [1.165, 1.54) is 0 Å². The molecule has 6 rings (SSSR count). The Morgan fingerprint density at radius 3 is 2.41 bits per heavy atom. The third-order valence-electron chi connectivity index (χ3n) is 7.32. The van der Waals surface area contributed by atoms with E-state index in [0.29, 0.717) is 36.7 Å². The Hall–Kier alpha value is -3.50. The lowest BCUT2D eigenvalue weighted by molar-refractivity contribution is -0.169. The summed E-state index contributed by atoms with van der Waals surface area (Å²) in [6, 6.07) is 9.80. The summed E-state index contributed by atoms with van der Waals surface area (Å²) >= 11 is 0. The average Bonchev–Trinajstić information content (AvgIpc) is 3.55. The van der Waals surface area contributed by atoms with E-state index in [4.69, 9.17) is 19.2 Å². The fraction of sp³-hybridized carbons (Fsp3) is 0.481. The lowest BCUT2D eigenvalue weighted by Crippen LogP contribution is -2.45. The Labute approximate surface area is 214 Å². The SMILES string of the molecule is COc1ccc(Cn2c(=O)n3c(C(C)(C)C)nnc3c3ncc(N4CCC5(CC4)OCCO5)cc32)cc1. The second-order valence-corrected chi connectivity index (χ2v) is 10.8. The van der Waals surface area contributed by atoms with Gasteiger partial charge in [-0.15, -0.1) is 10.2 Å². The third-order valence-corrected chi connectivity index (χ3v) is 7.32. The Kier molecular flexibility index (Phi) is 5.68. The zero-order chi connectivity index (χ0) is 25.8. The van der Waals surface area contributed by atoms with Gasteiger partial charge in [-0.1, -0.05) is 32.9 Å². The molecule has 10 heteroatoms. The fourth-order valence-corrected chi connectivity index (χ4v) is 5.28. The van der Waals surface area contributed by atoms with Crippen LogP contribution in [0, 0.1) is 0 Å². The van der Waals surface area contributed by atoms with Crippen molar-refractivity contribution in [2.75, 3.05) is 38.3 Å². The summed E-state index contributed by atoms with van der Waals surface area (Å²) in [5.41, 5.74) is 3.25. The number of fused-ring (bicyclic) bond motifs is 3. The average molecular weight is 505 g/mol. The lowest BCUT2D eigenvalue weighted by atomic mass is 9.96. The minimum absolute atomic E-state index is 0.183. The first-order valence-corrected chi connectivity index (χ1v) is 12.7. The van der Waals surface area contributed by atoms with Gasteiger partial charge in [-0.3, -0.25) is 4.57 Å². The maximum atomic E-state index is 14.0. The van der Waals surface area contributed by atoms with Crippen molar-refractivity contribution in [2.45, 2.75) is 51.4 Å². The van der Waals surface area contributed by atoms with Crippen molar-refractivity contribution in [3.8, 4) is 5.75 Å². The molecule has 0 atom stereocenters. The molecule has 0 bridgehead atoms. The molecule has 10 nitrogen and oxygen atoms in total. The van der Waals surface area contributed by atoms with Crippen LogP contribution in [0.4, 0.5) is 5.69 Å². The molecule has 4 aromatic rings. The van der Waals surface area contributed by atoms with Gasteiger partial charge < -0.3 is 19.1 Å². The second kappa shape index (κ2) is 8.81. The standard InChI is InChI=1S/C27H32N6O4/c1-26(2,3)24-30-29-23-22-21(32(25(34)33(23)24)17-18-5-7-20(35-4)8-6-18)15-19(16-28-22)31-11-9-27(10-12-31)36-13-14-37-27/h5-8,15-16H,9-14,17H2,1-4H3. The largest absolute Gasteiger partial charge is 0.497 e. The number of nitrogens with zero attached hydrogens (tertiary/aromatic N) is 6. The molecule has 2 fully saturated rings. The molecule has 0 amide bonds. The number of methoxy groups -OCH3 is 1. The van der Waals surface area contributed by atoms with Crippen molar-refractivity contribution < 1.29 is 14.2 Å². The summed E-state index contributed by atoms with van der Waals surface area (Å²) in [5.74, 6) is 0.933. The van der Waals surface area contributed by atoms with Crippen LogP contribution in [0.5, 0.6) is 5.75 Å². The number of anilines is 1. The van der Waals surface area contributed by atoms with Crippen molar-refractivity contribution >= 4 is 22.4 Å². The number of ether oxygens (including phenoxy) is 3. The van der Waals surface area contributed by atoms with Crippen LogP contribution in [0.2, 0.25) is 0 Å². The van der Waals surface area contributed by atoms with Crippen LogP contribution in [-0.4, -0.2) is 63.3 Å². The van der Waals surface area contributed by atoms with Crippen LogP contribution in [0.25, 0.3) is 16.7 Å². The highest BCUT2D eigenvalue weighted by molar-refractivity contribution is 5.89. The molecule has 2 aliphatic heterocycles. The Morgan fingerprint density at radius 2 is 1.76 bits per heavy atom. The molecule has 2 saturated heterocycles. The molecule has 5 heterocycles. The van der Waals surface area contributed by atoms with E-state index in [1.54, 1.807) is 16.1 Å².